The van der Waals surface area contributed by atoms with Gasteiger partial charge in [-0.25, -0.2) is 4.39 Å². The molecule has 0 radical (unpaired) electrons. The normalized spacial score (nSPS) is 15.6. The average molecular weight is 465 g/mol. The summed E-state index contributed by atoms with van der Waals surface area (Å²) in [7, 11) is 0. The molecule has 0 unspecified atom stereocenters. The van der Waals surface area contributed by atoms with Crippen LogP contribution in [-0.2, 0) is 24.1 Å². The third-order valence-corrected chi connectivity index (χ3v) is 6.68. The van der Waals surface area contributed by atoms with Crippen LogP contribution in [0.5, 0.6) is 0 Å². The largest absolute Gasteiger partial charge is 0.342 e. The molecule has 1 aromatic carbocycles. The first-order valence-corrected chi connectivity index (χ1v) is 11.5. The molecule has 1 aliphatic heterocycles. The Labute approximate surface area is 196 Å². The highest BCUT2D eigenvalue weighted by Gasteiger charge is 2.27. The van der Waals surface area contributed by atoms with Crippen molar-refractivity contribution in [2.24, 2.45) is 0 Å². The second-order valence-corrected chi connectivity index (χ2v) is 9.03. The van der Waals surface area contributed by atoms with Gasteiger partial charge in [0.2, 0.25) is 18.3 Å². The number of benzene rings is 1. The van der Waals surface area contributed by atoms with Crippen LogP contribution in [0.1, 0.15) is 40.8 Å². The molecule has 0 atom stereocenters. The number of pyridine rings is 2. The van der Waals surface area contributed by atoms with E-state index in [-0.39, 0.29) is 18.1 Å². The predicted octanol–water partition coefficient (Wildman–Crippen LogP) is 4.16. The zero-order valence-corrected chi connectivity index (χ0v) is 18.9. The van der Waals surface area contributed by atoms with Gasteiger partial charge in [-0.05, 0) is 66.6 Å². The maximum Gasteiger partial charge on any atom is 0.227 e. The van der Waals surface area contributed by atoms with Crippen LogP contribution in [-0.4, -0.2) is 34.1 Å². The molecular formula is C26H24ClFN3O2+. The summed E-state index contributed by atoms with van der Waals surface area (Å²) >= 11 is 6.28. The van der Waals surface area contributed by atoms with Gasteiger partial charge in [-0.1, -0.05) is 23.2 Å². The molecule has 1 aliphatic carbocycles. The number of fused-ring (bicyclic) bond motifs is 2. The molecule has 5 rings (SSSR count). The highest BCUT2D eigenvalue weighted by molar-refractivity contribution is 6.30. The number of likely N-dealkylation sites (tertiary alicyclic amines) is 1. The molecule has 1 amide bonds. The molecule has 1 N–H and O–H groups in total. The minimum atomic E-state index is -0.326. The quantitative estimate of drug-likeness (QED) is 0.457. The van der Waals surface area contributed by atoms with E-state index in [1.807, 2.05) is 29.2 Å². The number of carbonyl (C=O) groups is 1. The van der Waals surface area contributed by atoms with E-state index in [0.29, 0.717) is 24.5 Å². The van der Waals surface area contributed by atoms with Gasteiger partial charge in [-0.15, -0.1) is 0 Å². The number of rotatable bonds is 2. The number of nitrogens with zero attached hydrogens (tertiary/aromatic N) is 3. The Morgan fingerprint density at radius 3 is 2.70 bits per heavy atom. The molecule has 0 bridgehead atoms. The van der Waals surface area contributed by atoms with Crippen LogP contribution >= 0.6 is 11.6 Å². The SMILES string of the molecule is O=C(Cc1ccc[n+](O)c1)N1CCC(=C2c3ccc(Cl)cc3CCc3cc(F)cnc32)CC1. The van der Waals surface area contributed by atoms with Crippen LogP contribution in [0.15, 0.2) is 60.6 Å². The highest BCUT2D eigenvalue weighted by atomic mass is 35.5. The Hall–Kier alpha value is -3.25. The van der Waals surface area contributed by atoms with E-state index in [4.69, 9.17) is 11.6 Å². The molecule has 33 heavy (non-hydrogen) atoms. The number of hydrogen-bond acceptors (Lipinski definition) is 3. The predicted molar refractivity (Wildman–Crippen MR) is 122 cm³/mol. The fourth-order valence-electron chi connectivity index (χ4n) is 4.84. The van der Waals surface area contributed by atoms with Crippen molar-refractivity contribution in [2.75, 3.05) is 13.1 Å². The summed E-state index contributed by atoms with van der Waals surface area (Å²) in [5.74, 6) is -0.286. The van der Waals surface area contributed by atoms with Crippen molar-refractivity contribution in [3.05, 3.63) is 99.3 Å². The number of hydrogen-bond donors (Lipinski definition) is 1. The molecule has 2 aromatic heterocycles. The minimum Gasteiger partial charge on any atom is -0.342 e. The minimum absolute atomic E-state index is 0.0406. The van der Waals surface area contributed by atoms with Crippen LogP contribution in [0.25, 0.3) is 5.57 Å². The number of aromatic nitrogens is 2. The van der Waals surface area contributed by atoms with E-state index in [2.05, 4.69) is 4.98 Å². The van der Waals surface area contributed by atoms with Gasteiger partial charge in [0.25, 0.3) is 0 Å². The molecule has 0 spiro atoms. The molecule has 2 aliphatic rings. The van der Waals surface area contributed by atoms with Crippen molar-refractivity contribution in [3.8, 4) is 0 Å². The summed E-state index contributed by atoms with van der Waals surface area (Å²) in [6, 6.07) is 11.0. The molecule has 1 saturated heterocycles. The van der Waals surface area contributed by atoms with E-state index in [0.717, 1.165) is 57.5 Å². The summed E-state index contributed by atoms with van der Waals surface area (Å²) < 4.78 is 14.9. The third kappa shape index (κ3) is 4.48. The molecule has 7 heteroatoms. The third-order valence-electron chi connectivity index (χ3n) is 6.45. The summed E-state index contributed by atoms with van der Waals surface area (Å²) in [6.45, 7) is 1.23. The molecule has 5 nitrogen and oxygen atoms in total. The van der Waals surface area contributed by atoms with Gasteiger partial charge in [0.05, 0.1) is 18.3 Å². The van der Waals surface area contributed by atoms with Crippen molar-refractivity contribution in [2.45, 2.75) is 32.1 Å². The highest BCUT2D eigenvalue weighted by Crippen LogP contribution is 2.38. The number of amides is 1. The maximum atomic E-state index is 14.0. The van der Waals surface area contributed by atoms with Crippen molar-refractivity contribution >= 4 is 23.1 Å². The number of carbonyl (C=O) groups excluding carboxylic acids is 1. The number of piperidine rings is 1. The zero-order valence-electron chi connectivity index (χ0n) is 18.1. The second kappa shape index (κ2) is 8.94. The lowest BCUT2D eigenvalue weighted by atomic mass is 9.88. The average Bonchev–Trinajstić information content (AvgIpc) is 2.95. The summed E-state index contributed by atoms with van der Waals surface area (Å²) in [4.78, 5) is 19.2. The van der Waals surface area contributed by atoms with Crippen LogP contribution in [0.4, 0.5) is 4.39 Å². The lowest BCUT2D eigenvalue weighted by Gasteiger charge is -2.30. The Bertz CT molecular complexity index is 1210. The van der Waals surface area contributed by atoms with Gasteiger partial charge < -0.3 is 4.90 Å². The Morgan fingerprint density at radius 2 is 1.91 bits per heavy atom. The van der Waals surface area contributed by atoms with Gasteiger partial charge in [0.15, 0.2) is 0 Å². The van der Waals surface area contributed by atoms with Crippen LogP contribution in [0.3, 0.4) is 0 Å². The van der Waals surface area contributed by atoms with Crippen LogP contribution < -0.4 is 4.73 Å². The summed E-state index contributed by atoms with van der Waals surface area (Å²) in [5.41, 5.74) is 7.05. The topological polar surface area (TPSA) is 57.3 Å². The van der Waals surface area contributed by atoms with E-state index in [1.165, 1.54) is 18.0 Å². The van der Waals surface area contributed by atoms with E-state index >= 15 is 0 Å². The lowest BCUT2D eigenvalue weighted by molar-refractivity contribution is -0.905. The standard InChI is InChI=1S/C26H24ClFN3O2/c27-21-5-6-23-19(13-21)3-4-20-14-22(28)15-29-26(20)25(23)18-7-10-30(11-8-18)24(32)12-17-2-1-9-31(33)16-17/h1-2,5-6,9,13-16,33H,3-4,7-8,10-12H2/q+1. The van der Waals surface area contributed by atoms with Crippen molar-refractivity contribution in [1.29, 1.82) is 0 Å². The molecule has 168 valence electrons. The molecule has 0 saturated carbocycles. The second-order valence-electron chi connectivity index (χ2n) is 8.59. The Balaban J connectivity index is 1.44. The van der Waals surface area contributed by atoms with Gasteiger partial charge in [-0.2, -0.15) is 0 Å². The monoisotopic (exact) mass is 464 g/mol. The molecule has 3 aromatic rings. The first-order chi connectivity index (χ1) is 16.0. The van der Waals surface area contributed by atoms with Crippen LogP contribution in [0.2, 0.25) is 5.02 Å². The van der Waals surface area contributed by atoms with Gasteiger partial charge in [0.1, 0.15) is 5.82 Å². The van der Waals surface area contributed by atoms with E-state index < -0.39 is 0 Å². The maximum absolute atomic E-state index is 14.0. The van der Waals surface area contributed by atoms with Crippen molar-refractivity contribution in [1.82, 2.24) is 9.88 Å². The van der Waals surface area contributed by atoms with Gasteiger partial charge >= 0.3 is 0 Å². The van der Waals surface area contributed by atoms with Crippen LogP contribution in [0, 0.1) is 5.82 Å². The number of halogens is 2. The van der Waals surface area contributed by atoms with Gasteiger partial charge in [-0.3, -0.25) is 15.0 Å². The Morgan fingerprint density at radius 1 is 1.12 bits per heavy atom. The molecular weight excluding hydrogens is 441 g/mol. The molecule has 3 heterocycles. The zero-order chi connectivity index (χ0) is 22.9. The van der Waals surface area contributed by atoms with E-state index in [9.17, 15) is 14.4 Å². The fraction of sp³-hybridized carbons (Fsp3) is 0.269. The fourth-order valence-corrected chi connectivity index (χ4v) is 5.04. The lowest BCUT2D eigenvalue weighted by Crippen LogP contribution is -2.38. The first-order valence-electron chi connectivity index (χ1n) is 11.1. The number of aryl methyl sites for hydroxylation is 2. The summed E-state index contributed by atoms with van der Waals surface area (Å²) in [5, 5.41) is 10.3. The summed E-state index contributed by atoms with van der Waals surface area (Å²) in [6.07, 6.45) is 7.54. The van der Waals surface area contributed by atoms with E-state index in [1.54, 1.807) is 18.3 Å². The Kier molecular flexibility index (Phi) is 5.85. The smallest absolute Gasteiger partial charge is 0.227 e. The first kappa shape index (κ1) is 21.6. The molecule has 1 fully saturated rings. The van der Waals surface area contributed by atoms with Crippen molar-refractivity contribution in [3.63, 3.8) is 0 Å². The van der Waals surface area contributed by atoms with Gasteiger partial charge in [0, 0.05) is 40.0 Å². The van der Waals surface area contributed by atoms with Crippen molar-refractivity contribution < 1.29 is 19.1 Å².